The largest absolute Gasteiger partial charge is 0.497 e. The van der Waals surface area contributed by atoms with Gasteiger partial charge in [-0.25, -0.2) is 0 Å². The summed E-state index contributed by atoms with van der Waals surface area (Å²) in [6.07, 6.45) is 5.79. The van der Waals surface area contributed by atoms with Gasteiger partial charge in [0.05, 0.1) is 7.11 Å². The number of amides is 1. The average Bonchev–Trinajstić information content (AvgIpc) is 2.68. The zero-order valence-electron chi connectivity index (χ0n) is 14.6. The lowest BCUT2D eigenvalue weighted by Crippen LogP contribution is -2.40. The Bertz CT molecular complexity index is 872. The molecule has 2 aromatic rings. The normalized spacial score (nSPS) is 20.2. The molecule has 1 unspecified atom stereocenters. The Morgan fingerprint density at radius 2 is 1.92 bits per heavy atom. The first kappa shape index (κ1) is 16.5. The van der Waals surface area contributed by atoms with Gasteiger partial charge < -0.3 is 4.74 Å². The zero-order chi connectivity index (χ0) is 18.1. The molecule has 1 amide bonds. The van der Waals surface area contributed by atoms with E-state index in [0.717, 1.165) is 41.1 Å². The van der Waals surface area contributed by atoms with Crippen LogP contribution in [-0.4, -0.2) is 23.8 Å². The number of allylic oxidation sites excluding steroid dienone is 2. The van der Waals surface area contributed by atoms with Crippen molar-refractivity contribution in [2.45, 2.75) is 31.6 Å². The highest BCUT2D eigenvalue weighted by atomic mass is 16.5. The number of methoxy groups -OCH3 is 1. The standard InChI is InChI=1S/C21H20N2O3/c1-26-16-9-7-15(8-10-16)23-18-5-2-6-19(24)21(18)17(12-20(23)25)14-4-3-11-22-13-14/h3-4,7-11,13,17H,2,5-6,12H2,1H3. The molecule has 5 heteroatoms. The van der Waals surface area contributed by atoms with Crippen LogP contribution < -0.4 is 9.64 Å². The fourth-order valence-corrected chi connectivity index (χ4v) is 3.89. The molecule has 0 radical (unpaired) electrons. The first-order chi connectivity index (χ1) is 12.7. The first-order valence-electron chi connectivity index (χ1n) is 8.82. The quantitative estimate of drug-likeness (QED) is 0.850. The summed E-state index contributed by atoms with van der Waals surface area (Å²) in [5.74, 6) is 0.692. The fraction of sp³-hybridized carbons (Fsp3) is 0.286. The third-order valence-corrected chi connectivity index (χ3v) is 5.09. The summed E-state index contributed by atoms with van der Waals surface area (Å²) in [7, 11) is 1.61. The van der Waals surface area contributed by atoms with Crippen molar-refractivity contribution in [3.63, 3.8) is 0 Å². The van der Waals surface area contributed by atoms with Gasteiger partial charge >= 0.3 is 0 Å². The van der Waals surface area contributed by atoms with Crippen LogP contribution in [0, 0.1) is 0 Å². The maximum atomic E-state index is 13.0. The molecule has 0 spiro atoms. The third-order valence-electron chi connectivity index (χ3n) is 5.09. The lowest BCUT2D eigenvalue weighted by atomic mass is 9.77. The molecule has 0 N–H and O–H groups in total. The maximum absolute atomic E-state index is 13.0. The Morgan fingerprint density at radius 3 is 2.62 bits per heavy atom. The monoisotopic (exact) mass is 348 g/mol. The second-order valence-electron chi connectivity index (χ2n) is 6.61. The number of ketones is 1. The van der Waals surface area contributed by atoms with E-state index in [9.17, 15) is 9.59 Å². The number of hydrogen-bond donors (Lipinski definition) is 0. The number of Topliss-reactive ketones (excluding diaryl/α,β-unsaturated/α-hetero) is 1. The van der Waals surface area contributed by atoms with E-state index in [1.807, 2.05) is 36.4 Å². The minimum atomic E-state index is -0.200. The summed E-state index contributed by atoms with van der Waals surface area (Å²) in [6.45, 7) is 0. The summed E-state index contributed by atoms with van der Waals surface area (Å²) >= 11 is 0. The van der Waals surface area contributed by atoms with Crippen molar-refractivity contribution >= 4 is 17.4 Å². The Balaban J connectivity index is 1.82. The van der Waals surface area contributed by atoms with Crippen LogP contribution in [-0.2, 0) is 9.59 Å². The lowest BCUT2D eigenvalue weighted by Gasteiger charge is -2.38. The second-order valence-corrected chi connectivity index (χ2v) is 6.61. The second kappa shape index (κ2) is 6.75. The highest BCUT2D eigenvalue weighted by molar-refractivity contribution is 6.07. The highest BCUT2D eigenvalue weighted by Crippen LogP contribution is 2.43. The third kappa shape index (κ3) is 2.79. The molecular formula is C21H20N2O3. The zero-order valence-corrected chi connectivity index (χ0v) is 14.6. The minimum absolute atomic E-state index is 0.0115. The predicted molar refractivity (Wildman–Crippen MR) is 98.0 cm³/mol. The molecule has 5 nitrogen and oxygen atoms in total. The van der Waals surface area contributed by atoms with Crippen LogP contribution in [0.3, 0.4) is 0 Å². The topological polar surface area (TPSA) is 59.5 Å². The summed E-state index contributed by atoms with van der Waals surface area (Å²) in [5, 5.41) is 0. The minimum Gasteiger partial charge on any atom is -0.497 e. The molecule has 0 bridgehead atoms. The fourth-order valence-electron chi connectivity index (χ4n) is 3.89. The van der Waals surface area contributed by atoms with E-state index in [1.165, 1.54) is 0 Å². The van der Waals surface area contributed by atoms with Crippen LogP contribution in [0.15, 0.2) is 60.1 Å². The van der Waals surface area contributed by atoms with Crippen LogP contribution in [0.1, 0.15) is 37.2 Å². The van der Waals surface area contributed by atoms with Gasteiger partial charge in [-0.3, -0.25) is 19.5 Å². The highest BCUT2D eigenvalue weighted by Gasteiger charge is 2.39. The van der Waals surface area contributed by atoms with Gasteiger partial charge in [0.2, 0.25) is 5.91 Å². The molecule has 1 aromatic carbocycles. The summed E-state index contributed by atoms with van der Waals surface area (Å²) in [6, 6.07) is 11.2. The number of anilines is 1. The lowest BCUT2D eigenvalue weighted by molar-refractivity contribution is -0.119. The number of carbonyl (C=O) groups is 2. The number of carbonyl (C=O) groups excluding carboxylic acids is 2. The Kier molecular flexibility index (Phi) is 4.29. The summed E-state index contributed by atoms with van der Waals surface area (Å²) in [4.78, 5) is 31.7. The molecular weight excluding hydrogens is 328 g/mol. The first-order valence-corrected chi connectivity index (χ1v) is 8.82. The molecule has 0 fully saturated rings. The van der Waals surface area contributed by atoms with Crippen LogP contribution in [0.4, 0.5) is 5.69 Å². The van der Waals surface area contributed by atoms with Gasteiger partial charge in [0, 0.05) is 48.1 Å². The van der Waals surface area contributed by atoms with Gasteiger partial charge in [0.25, 0.3) is 0 Å². The average molecular weight is 348 g/mol. The van der Waals surface area contributed by atoms with Crippen LogP contribution in [0.25, 0.3) is 0 Å². The number of benzene rings is 1. The molecule has 1 atom stereocenters. The van der Waals surface area contributed by atoms with Crippen molar-refractivity contribution in [2.24, 2.45) is 0 Å². The molecule has 2 heterocycles. The number of nitrogens with zero attached hydrogens (tertiary/aromatic N) is 2. The molecule has 0 saturated carbocycles. The van der Waals surface area contributed by atoms with E-state index in [-0.39, 0.29) is 24.0 Å². The van der Waals surface area contributed by atoms with E-state index < -0.39 is 0 Å². The van der Waals surface area contributed by atoms with Crippen molar-refractivity contribution in [2.75, 3.05) is 12.0 Å². The van der Waals surface area contributed by atoms with Crippen molar-refractivity contribution in [1.29, 1.82) is 0 Å². The van der Waals surface area contributed by atoms with Crippen molar-refractivity contribution in [3.05, 3.63) is 65.6 Å². The maximum Gasteiger partial charge on any atom is 0.232 e. The number of pyridine rings is 1. The van der Waals surface area contributed by atoms with E-state index in [1.54, 1.807) is 24.4 Å². The van der Waals surface area contributed by atoms with E-state index >= 15 is 0 Å². The van der Waals surface area contributed by atoms with E-state index in [2.05, 4.69) is 4.98 Å². The Hall–Kier alpha value is -2.95. The Morgan fingerprint density at radius 1 is 1.12 bits per heavy atom. The summed E-state index contributed by atoms with van der Waals surface area (Å²) in [5.41, 5.74) is 3.33. The molecule has 1 aromatic heterocycles. The van der Waals surface area contributed by atoms with Gasteiger partial charge in [-0.2, -0.15) is 0 Å². The van der Waals surface area contributed by atoms with Gasteiger partial charge in [-0.15, -0.1) is 0 Å². The van der Waals surface area contributed by atoms with Gasteiger partial charge in [0.1, 0.15) is 5.75 Å². The van der Waals surface area contributed by atoms with Crippen molar-refractivity contribution in [1.82, 2.24) is 4.98 Å². The number of rotatable bonds is 3. The number of hydrogen-bond acceptors (Lipinski definition) is 4. The van der Waals surface area contributed by atoms with Gasteiger partial charge in [-0.05, 0) is 48.7 Å². The van der Waals surface area contributed by atoms with Crippen LogP contribution in [0.2, 0.25) is 0 Å². The SMILES string of the molecule is COc1ccc(N2C(=O)CC(c3cccnc3)C3=C2CCCC3=O)cc1. The van der Waals surface area contributed by atoms with E-state index in [4.69, 9.17) is 4.74 Å². The van der Waals surface area contributed by atoms with Gasteiger partial charge in [0.15, 0.2) is 5.78 Å². The molecule has 2 aliphatic rings. The van der Waals surface area contributed by atoms with Crippen molar-refractivity contribution < 1.29 is 14.3 Å². The number of ether oxygens (including phenoxy) is 1. The predicted octanol–water partition coefficient (Wildman–Crippen LogP) is 3.62. The summed E-state index contributed by atoms with van der Waals surface area (Å²) < 4.78 is 5.21. The molecule has 1 aliphatic carbocycles. The smallest absolute Gasteiger partial charge is 0.232 e. The molecule has 1 aliphatic heterocycles. The molecule has 26 heavy (non-hydrogen) atoms. The van der Waals surface area contributed by atoms with Gasteiger partial charge in [-0.1, -0.05) is 6.07 Å². The van der Waals surface area contributed by atoms with E-state index in [0.29, 0.717) is 6.42 Å². The Labute approximate surface area is 152 Å². The number of aromatic nitrogens is 1. The molecule has 132 valence electrons. The van der Waals surface area contributed by atoms with Crippen molar-refractivity contribution in [3.8, 4) is 5.75 Å². The van der Waals surface area contributed by atoms with Crippen LogP contribution in [0.5, 0.6) is 5.75 Å². The molecule has 0 saturated heterocycles. The van der Waals surface area contributed by atoms with Crippen LogP contribution >= 0.6 is 0 Å². The molecule has 4 rings (SSSR count).